The Kier molecular flexibility index (Phi) is 5.26. The average molecular weight is 394 g/mol. The van der Waals surface area contributed by atoms with E-state index in [1.165, 1.54) is 6.42 Å². The zero-order valence-electron chi connectivity index (χ0n) is 18.1. The summed E-state index contributed by atoms with van der Waals surface area (Å²) in [5, 5.41) is 5.48. The molecule has 2 aromatic carbocycles. The molecular formula is C24H31N3O2. The van der Waals surface area contributed by atoms with Crippen molar-refractivity contribution in [2.24, 2.45) is 5.92 Å². The minimum Gasteiger partial charge on any atom is -0.493 e. The number of nitrogens with one attached hydrogen (secondary N) is 1. The summed E-state index contributed by atoms with van der Waals surface area (Å²) in [5.41, 5.74) is 3.15. The molecule has 1 fully saturated rings. The standard InChI is InChI=1S/C24H31N3O2/c1-24(2,3)27-11-10-16(14-27)15-29-22-13-20-18(12-21(22)28-5)23(25-4)17-8-6-7-9-19(17)26-20/h6-9,12-13,16H,10-11,14-15H2,1-5H3,(H,25,26). The van der Waals surface area contributed by atoms with Gasteiger partial charge in [-0.2, -0.15) is 0 Å². The maximum absolute atomic E-state index is 6.25. The molecule has 1 aliphatic heterocycles. The van der Waals surface area contributed by atoms with E-state index in [-0.39, 0.29) is 5.54 Å². The number of para-hydroxylation sites is 1. The molecule has 1 aliphatic rings. The number of aromatic nitrogens is 1. The zero-order chi connectivity index (χ0) is 20.6. The number of hydrogen-bond acceptors (Lipinski definition) is 5. The van der Waals surface area contributed by atoms with Crippen LogP contribution >= 0.6 is 0 Å². The number of anilines is 1. The van der Waals surface area contributed by atoms with Crippen molar-refractivity contribution in [3.63, 3.8) is 0 Å². The van der Waals surface area contributed by atoms with Gasteiger partial charge in [0.1, 0.15) is 0 Å². The first-order valence-electron chi connectivity index (χ1n) is 10.4. The number of likely N-dealkylation sites (tertiary alicyclic amines) is 1. The van der Waals surface area contributed by atoms with Crippen molar-refractivity contribution in [1.29, 1.82) is 0 Å². The molecule has 154 valence electrons. The van der Waals surface area contributed by atoms with E-state index in [4.69, 9.17) is 14.5 Å². The zero-order valence-corrected chi connectivity index (χ0v) is 18.1. The minimum atomic E-state index is 0.212. The van der Waals surface area contributed by atoms with Gasteiger partial charge in [0.25, 0.3) is 0 Å². The molecule has 0 saturated carbocycles. The van der Waals surface area contributed by atoms with Crippen LogP contribution in [0.2, 0.25) is 0 Å². The van der Waals surface area contributed by atoms with Crippen molar-refractivity contribution < 1.29 is 9.47 Å². The van der Waals surface area contributed by atoms with Gasteiger partial charge in [-0.25, -0.2) is 4.98 Å². The van der Waals surface area contributed by atoms with Crippen molar-refractivity contribution in [1.82, 2.24) is 9.88 Å². The van der Waals surface area contributed by atoms with Crippen LogP contribution in [-0.4, -0.2) is 49.3 Å². The van der Waals surface area contributed by atoms with Crippen LogP contribution in [-0.2, 0) is 0 Å². The third kappa shape index (κ3) is 3.84. The van der Waals surface area contributed by atoms with Crippen LogP contribution in [0.3, 0.4) is 0 Å². The maximum atomic E-state index is 6.25. The second-order valence-corrected chi connectivity index (χ2v) is 8.86. The summed E-state index contributed by atoms with van der Waals surface area (Å²) in [4.78, 5) is 7.40. The maximum Gasteiger partial charge on any atom is 0.163 e. The highest BCUT2D eigenvalue weighted by Crippen LogP contribution is 2.38. The first-order chi connectivity index (χ1) is 13.9. The van der Waals surface area contributed by atoms with Crippen LogP contribution in [0.5, 0.6) is 11.5 Å². The predicted octanol–water partition coefficient (Wildman–Crippen LogP) is 4.94. The van der Waals surface area contributed by atoms with Crippen LogP contribution in [0.4, 0.5) is 5.69 Å². The summed E-state index contributed by atoms with van der Waals surface area (Å²) < 4.78 is 11.9. The van der Waals surface area contributed by atoms with Gasteiger partial charge in [0.05, 0.1) is 30.4 Å². The van der Waals surface area contributed by atoms with E-state index in [1.54, 1.807) is 7.11 Å². The number of benzene rings is 2. The fourth-order valence-electron chi connectivity index (χ4n) is 4.23. The van der Waals surface area contributed by atoms with Gasteiger partial charge >= 0.3 is 0 Å². The SMILES string of the molecule is CNc1c2ccccc2nc2cc(OCC3CCN(C(C)(C)C)C3)c(OC)cc12. The Morgan fingerprint density at radius 2 is 1.90 bits per heavy atom. The molecule has 1 unspecified atom stereocenters. The number of fused-ring (bicyclic) bond motifs is 2. The van der Waals surface area contributed by atoms with E-state index < -0.39 is 0 Å². The highest BCUT2D eigenvalue weighted by molar-refractivity contribution is 6.08. The molecule has 0 radical (unpaired) electrons. The third-order valence-corrected chi connectivity index (χ3v) is 5.92. The second-order valence-electron chi connectivity index (χ2n) is 8.86. The number of pyridine rings is 1. The fraction of sp³-hybridized carbons (Fsp3) is 0.458. The fourth-order valence-corrected chi connectivity index (χ4v) is 4.23. The van der Waals surface area contributed by atoms with Crippen molar-refractivity contribution in [2.75, 3.05) is 39.2 Å². The Balaban J connectivity index is 1.64. The van der Waals surface area contributed by atoms with E-state index in [2.05, 4.69) is 37.1 Å². The molecule has 0 spiro atoms. The highest BCUT2D eigenvalue weighted by Gasteiger charge is 2.30. The molecule has 5 heteroatoms. The number of ether oxygens (including phenoxy) is 2. The molecule has 3 aromatic rings. The van der Waals surface area contributed by atoms with Gasteiger partial charge < -0.3 is 14.8 Å². The molecule has 4 rings (SSSR count). The van der Waals surface area contributed by atoms with Gasteiger partial charge in [-0.3, -0.25) is 4.90 Å². The first-order valence-corrected chi connectivity index (χ1v) is 10.4. The van der Waals surface area contributed by atoms with Crippen LogP contribution in [0.15, 0.2) is 36.4 Å². The van der Waals surface area contributed by atoms with E-state index >= 15 is 0 Å². The highest BCUT2D eigenvalue weighted by atomic mass is 16.5. The Labute approximate surface area is 173 Å². The van der Waals surface area contributed by atoms with Crippen LogP contribution < -0.4 is 14.8 Å². The second kappa shape index (κ2) is 7.71. The molecule has 2 heterocycles. The summed E-state index contributed by atoms with van der Waals surface area (Å²) in [6, 6.07) is 12.2. The van der Waals surface area contributed by atoms with Crippen LogP contribution in [0.1, 0.15) is 27.2 Å². The Morgan fingerprint density at radius 1 is 1.10 bits per heavy atom. The monoisotopic (exact) mass is 393 g/mol. The molecule has 0 aliphatic carbocycles. The summed E-state index contributed by atoms with van der Waals surface area (Å²) >= 11 is 0. The van der Waals surface area contributed by atoms with Gasteiger partial charge in [0.15, 0.2) is 11.5 Å². The lowest BCUT2D eigenvalue weighted by Crippen LogP contribution is -2.39. The summed E-state index contributed by atoms with van der Waals surface area (Å²) in [6.07, 6.45) is 1.17. The number of nitrogens with zero attached hydrogens (tertiary/aromatic N) is 2. The summed E-state index contributed by atoms with van der Waals surface area (Å²) in [6.45, 7) is 9.73. The van der Waals surface area contributed by atoms with E-state index in [9.17, 15) is 0 Å². The molecule has 5 nitrogen and oxygen atoms in total. The molecule has 29 heavy (non-hydrogen) atoms. The van der Waals surface area contributed by atoms with E-state index in [0.717, 1.165) is 52.1 Å². The molecule has 0 bridgehead atoms. The lowest BCUT2D eigenvalue weighted by Gasteiger charge is -2.31. The Hall–Kier alpha value is -2.53. The normalized spacial score (nSPS) is 17.8. The number of methoxy groups -OCH3 is 1. The quantitative estimate of drug-likeness (QED) is 0.622. The molecular weight excluding hydrogens is 362 g/mol. The molecule has 1 N–H and O–H groups in total. The smallest absolute Gasteiger partial charge is 0.163 e. The minimum absolute atomic E-state index is 0.212. The van der Waals surface area contributed by atoms with E-state index in [1.807, 2.05) is 37.4 Å². The van der Waals surface area contributed by atoms with Crippen LogP contribution in [0.25, 0.3) is 21.8 Å². The first kappa shape index (κ1) is 19.8. The van der Waals surface area contributed by atoms with Crippen molar-refractivity contribution >= 4 is 27.5 Å². The Morgan fingerprint density at radius 3 is 2.59 bits per heavy atom. The molecule has 1 saturated heterocycles. The lowest BCUT2D eigenvalue weighted by atomic mass is 10.1. The molecule has 1 atom stereocenters. The van der Waals surface area contributed by atoms with Gasteiger partial charge in [0, 0.05) is 41.9 Å². The summed E-state index contributed by atoms with van der Waals surface area (Å²) in [7, 11) is 3.64. The van der Waals surface area contributed by atoms with Crippen molar-refractivity contribution in [3.8, 4) is 11.5 Å². The third-order valence-electron chi connectivity index (χ3n) is 5.92. The Bertz CT molecular complexity index is 1030. The average Bonchev–Trinajstić information content (AvgIpc) is 3.19. The predicted molar refractivity (Wildman–Crippen MR) is 120 cm³/mol. The number of hydrogen-bond donors (Lipinski definition) is 1. The molecule has 1 aromatic heterocycles. The van der Waals surface area contributed by atoms with E-state index in [0.29, 0.717) is 12.5 Å². The number of rotatable bonds is 5. The largest absolute Gasteiger partial charge is 0.493 e. The van der Waals surface area contributed by atoms with Crippen molar-refractivity contribution in [2.45, 2.75) is 32.7 Å². The van der Waals surface area contributed by atoms with Crippen molar-refractivity contribution in [3.05, 3.63) is 36.4 Å². The van der Waals surface area contributed by atoms with Gasteiger partial charge in [0.2, 0.25) is 0 Å². The van der Waals surface area contributed by atoms with Crippen LogP contribution in [0, 0.1) is 5.92 Å². The van der Waals surface area contributed by atoms with Gasteiger partial charge in [-0.05, 0) is 45.9 Å². The topological polar surface area (TPSA) is 46.6 Å². The lowest BCUT2D eigenvalue weighted by molar-refractivity contribution is 0.157. The molecule has 0 amide bonds. The van der Waals surface area contributed by atoms with Gasteiger partial charge in [-0.15, -0.1) is 0 Å². The summed E-state index contributed by atoms with van der Waals surface area (Å²) in [5.74, 6) is 2.04. The van der Waals surface area contributed by atoms with Gasteiger partial charge in [-0.1, -0.05) is 18.2 Å².